The Hall–Kier alpha value is -3.83. The summed E-state index contributed by atoms with van der Waals surface area (Å²) in [5, 5.41) is 27.0. The van der Waals surface area contributed by atoms with Crippen LogP contribution >= 0.6 is 0 Å². The number of halogens is 1. The van der Waals surface area contributed by atoms with Gasteiger partial charge in [-0.3, -0.25) is 20.9 Å². The molecule has 0 radical (unpaired) electrons. The lowest BCUT2D eigenvalue weighted by Crippen LogP contribution is -2.54. The summed E-state index contributed by atoms with van der Waals surface area (Å²) >= 11 is 0. The first kappa shape index (κ1) is 20.4. The zero-order valence-electron chi connectivity index (χ0n) is 16.7. The van der Waals surface area contributed by atoms with Crippen LogP contribution in [0.15, 0.2) is 17.1 Å². The maximum absolute atomic E-state index is 15.2. The van der Waals surface area contributed by atoms with Gasteiger partial charge in [-0.25, -0.2) is 9.18 Å². The molecule has 1 fully saturated rings. The Labute approximate surface area is 175 Å². The van der Waals surface area contributed by atoms with Crippen molar-refractivity contribution in [2.45, 2.75) is 13.0 Å². The van der Waals surface area contributed by atoms with Crippen LogP contribution in [0.5, 0.6) is 5.75 Å². The number of carbonyl (C=O) groups is 1. The van der Waals surface area contributed by atoms with E-state index in [9.17, 15) is 14.7 Å². The molecule has 12 heteroatoms. The van der Waals surface area contributed by atoms with Gasteiger partial charge in [-0.05, 0) is 13.0 Å². The summed E-state index contributed by atoms with van der Waals surface area (Å²) in [6, 6.07) is 0.842. The number of piperazine rings is 1. The van der Waals surface area contributed by atoms with E-state index in [4.69, 9.17) is 21.3 Å². The van der Waals surface area contributed by atoms with Crippen LogP contribution in [0.1, 0.15) is 23.3 Å². The first-order valence-electron chi connectivity index (χ1n) is 9.66. The van der Waals surface area contributed by atoms with Gasteiger partial charge in [0.25, 0.3) is 0 Å². The number of guanidine groups is 2. The highest BCUT2D eigenvalue weighted by Crippen LogP contribution is 2.42. The van der Waals surface area contributed by atoms with E-state index in [1.54, 1.807) is 14.4 Å². The van der Waals surface area contributed by atoms with E-state index < -0.39 is 22.8 Å². The van der Waals surface area contributed by atoms with Gasteiger partial charge in [0.05, 0.1) is 16.9 Å². The van der Waals surface area contributed by atoms with Crippen molar-refractivity contribution in [1.29, 1.82) is 10.8 Å². The van der Waals surface area contributed by atoms with Gasteiger partial charge >= 0.3 is 5.97 Å². The molecule has 1 saturated heterocycles. The number of nitrogens with one attached hydrogen (secondary N) is 3. The number of ether oxygens (including phenoxy) is 1. The van der Waals surface area contributed by atoms with Crippen molar-refractivity contribution in [3.8, 4) is 5.75 Å². The van der Waals surface area contributed by atoms with E-state index in [2.05, 4.69) is 5.32 Å². The standard InChI is InChI=1S/C19H22FN7O4/c1-9-8-31-16-13-10(15(28)11(17(29)30)7-27(9)13)6-12(20)14(16)25-2-4-26(5-3-25)19(23)24-18(21)22/h6-7,9H,2-5,8H2,1H3,(H,29,30)(H5,21,22,23,24). The molecule has 4 rings (SSSR count). The normalized spacial score (nSPS) is 17.9. The summed E-state index contributed by atoms with van der Waals surface area (Å²) in [5.41, 5.74) is 4.68. The fourth-order valence-corrected chi connectivity index (χ4v) is 4.02. The van der Waals surface area contributed by atoms with Crippen LogP contribution in [-0.2, 0) is 0 Å². The Kier molecular flexibility index (Phi) is 4.91. The molecule has 6 N–H and O–H groups in total. The highest BCUT2D eigenvalue weighted by atomic mass is 19.1. The van der Waals surface area contributed by atoms with E-state index in [0.717, 1.165) is 6.07 Å². The van der Waals surface area contributed by atoms with Crippen molar-refractivity contribution < 1.29 is 19.0 Å². The smallest absolute Gasteiger partial charge is 0.341 e. The van der Waals surface area contributed by atoms with Gasteiger partial charge in [0.1, 0.15) is 17.9 Å². The first-order valence-corrected chi connectivity index (χ1v) is 9.66. The fraction of sp³-hybridized carbons (Fsp3) is 0.368. The van der Waals surface area contributed by atoms with Crippen molar-refractivity contribution in [2.75, 3.05) is 37.7 Å². The highest BCUT2D eigenvalue weighted by Gasteiger charge is 2.31. The Balaban J connectivity index is 1.76. The van der Waals surface area contributed by atoms with Crippen LogP contribution in [0.25, 0.3) is 10.9 Å². The molecule has 31 heavy (non-hydrogen) atoms. The molecular weight excluding hydrogens is 409 g/mol. The molecule has 164 valence electrons. The average Bonchev–Trinajstić information content (AvgIpc) is 2.71. The molecule has 0 amide bonds. The van der Waals surface area contributed by atoms with Crippen molar-refractivity contribution in [1.82, 2.24) is 14.8 Å². The Morgan fingerprint density at radius 1 is 1.32 bits per heavy atom. The number of rotatable bonds is 2. The van der Waals surface area contributed by atoms with Crippen molar-refractivity contribution in [3.05, 3.63) is 33.9 Å². The summed E-state index contributed by atoms with van der Waals surface area (Å²) in [6.45, 7) is 3.54. The van der Waals surface area contributed by atoms with E-state index >= 15 is 4.39 Å². The number of aromatic carboxylic acids is 1. The van der Waals surface area contributed by atoms with Crippen LogP contribution in [-0.4, -0.2) is 65.2 Å². The van der Waals surface area contributed by atoms with Crippen LogP contribution in [0.2, 0.25) is 0 Å². The van der Waals surface area contributed by atoms with Gasteiger partial charge in [-0.15, -0.1) is 0 Å². The number of nitrogens with two attached hydrogens (primary N) is 1. The zero-order chi connectivity index (χ0) is 22.4. The molecule has 3 heterocycles. The monoisotopic (exact) mass is 431 g/mol. The maximum Gasteiger partial charge on any atom is 0.341 e. The number of aromatic nitrogens is 1. The zero-order valence-corrected chi connectivity index (χ0v) is 16.7. The van der Waals surface area contributed by atoms with Crippen LogP contribution < -0.4 is 26.1 Å². The maximum atomic E-state index is 15.2. The largest absolute Gasteiger partial charge is 0.487 e. The SMILES string of the molecule is CC1COc2c(N3CCN(C(=N)NC(=N)N)CC3)c(F)cc3c(=O)c(C(=O)O)cn1c23. The third-order valence-corrected chi connectivity index (χ3v) is 5.54. The minimum atomic E-state index is -1.36. The number of anilines is 1. The molecule has 11 nitrogen and oxygen atoms in total. The molecular formula is C19H22FN7O4. The van der Waals surface area contributed by atoms with E-state index in [-0.39, 0.29) is 41.4 Å². The lowest BCUT2D eigenvalue weighted by Gasteiger charge is -2.39. The highest BCUT2D eigenvalue weighted by molar-refractivity contribution is 5.97. The second kappa shape index (κ2) is 7.45. The molecule has 1 atom stereocenters. The third kappa shape index (κ3) is 3.39. The number of nitrogens with zero attached hydrogens (tertiary/aromatic N) is 3. The molecule has 1 unspecified atom stereocenters. The lowest BCUT2D eigenvalue weighted by molar-refractivity contribution is 0.0694. The van der Waals surface area contributed by atoms with Crippen molar-refractivity contribution >= 4 is 34.5 Å². The van der Waals surface area contributed by atoms with Gasteiger partial charge in [-0.2, -0.15) is 0 Å². The molecule has 0 aliphatic carbocycles. The number of pyridine rings is 1. The summed E-state index contributed by atoms with van der Waals surface area (Å²) in [4.78, 5) is 27.6. The Morgan fingerprint density at radius 3 is 2.61 bits per heavy atom. The molecule has 0 spiro atoms. The summed E-state index contributed by atoms with van der Waals surface area (Å²) in [6.07, 6.45) is 1.29. The molecule has 2 aliphatic rings. The number of hydrogen-bond donors (Lipinski definition) is 5. The Morgan fingerprint density at radius 2 is 2.00 bits per heavy atom. The first-order chi connectivity index (χ1) is 14.7. The lowest BCUT2D eigenvalue weighted by atomic mass is 10.1. The second-order valence-electron chi connectivity index (χ2n) is 7.54. The minimum absolute atomic E-state index is 0.00686. The van der Waals surface area contributed by atoms with Gasteiger partial charge in [0.2, 0.25) is 5.43 Å². The topological polar surface area (TPSA) is 161 Å². The second-order valence-corrected chi connectivity index (χ2v) is 7.54. The van der Waals surface area contributed by atoms with Gasteiger partial charge < -0.3 is 29.9 Å². The number of hydrogen-bond acceptors (Lipinski definition) is 6. The summed E-state index contributed by atoms with van der Waals surface area (Å²) < 4.78 is 22.7. The molecule has 1 aromatic carbocycles. The van der Waals surface area contributed by atoms with Gasteiger partial charge in [-0.1, -0.05) is 0 Å². The minimum Gasteiger partial charge on any atom is -0.487 e. The molecule has 1 aromatic heterocycles. The van der Waals surface area contributed by atoms with E-state index in [1.165, 1.54) is 6.20 Å². The van der Waals surface area contributed by atoms with Crippen LogP contribution in [0, 0.1) is 16.6 Å². The molecule has 2 aliphatic heterocycles. The van der Waals surface area contributed by atoms with Gasteiger partial charge in [0, 0.05) is 32.4 Å². The van der Waals surface area contributed by atoms with E-state index in [0.29, 0.717) is 31.7 Å². The molecule has 0 bridgehead atoms. The Bertz CT molecular complexity index is 1170. The molecule has 2 aromatic rings. The van der Waals surface area contributed by atoms with Crippen LogP contribution in [0.3, 0.4) is 0 Å². The summed E-state index contributed by atoms with van der Waals surface area (Å²) in [5.74, 6) is -2.16. The quantitative estimate of drug-likeness (QED) is 0.336. The number of carboxylic acids is 1. The predicted molar refractivity (Wildman–Crippen MR) is 112 cm³/mol. The average molecular weight is 431 g/mol. The summed E-state index contributed by atoms with van der Waals surface area (Å²) in [7, 11) is 0. The number of carboxylic acid groups (broad SMARTS) is 1. The van der Waals surface area contributed by atoms with Gasteiger partial charge in [0.15, 0.2) is 23.5 Å². The molecule has 0 saturated carbocycles. The predicted octanol–water partition coefficient (Wildman–Crippen LogP) is 0.332. The number of benzene rings is 1. The van der Waals surface area contributed by atoms with Crippen molar-refractivity contribution in [3.63, 3.8) is 0 Å². The fourth-order valence-electron chi connectivity index (χ4n) is 4.02. The van der Waals surface area contributed by atoms with E-state index in [1.807, 2.05) is 6.92 Å². The van der Waals surface area contributed by atoms with Crippen LogP contribution in [0.4, 0.5) is 10.1 Å². The van der Waals surface area contributed by atoms with Crippen molar-refractivity contribution in [2.24, 2.45) is 5.73 Å². The third-order valence-electron chi connectivity index (χ3n) is 5.54.